The van der Waals surface area contributed by atoms with Crippen LogP contribution in [-0.2, 0) is 15.9 Å². The van der Waals surface area contributed by atoms with E-state index in [2.05, 4.69) is 4.74 Å². The van der Waals surface area contributed by atoms with E-state index in [0.29, 0.717) is 5.56 Å². The number of alkyl halides is 3. The maximum absolute atomic E-state index is 12.4. The van der Waals surface area contributed by atoms with E-state index in [0.717, 1.165) is 18.2 Å². The van der Waals surface area contributed by atoms with Crippen molar-refractivity contribution in [2.75, 3.05) is 0 Å². The molecule has 2 aromatic carbocycles. The third kappa shape index (κ3) is 4.68. The lowest BCUT2D eigenvalue weighted by atomic mass is 9.90. The van der Waals surface area contributed by atoms with Gasteiger partial charge in [0.2, 0.25) is 0 Å². The van der Waals surface area contributed by atoms with E-state index in [4.69, 9.17) is 9.47 Å². The van der Waals surface area contributed by atoms with Crippen LogP contribution in [0.2, 0.25) is 0 Å². The number of carbonyl (C=O) groups excluding carboxylic acids is 1. The number of benzene rings is 2. The number of ether oxygens (including phenoxy) is 3. The van der Waals surface area contributed by atoms with Crippen LogP contribution >= 0.6 is 0 Å². The lowest BCUT2D eigenvalue weighted by molar-refractivity contribution is -0.274. The Balaban J connectivity index is 2.07. The van der Waals surface area contributed by atoms with E-state index in [9.17, 15) is 28.2 Å². The summed E-state index contributed by atoms with van der Waals surface area (Å²) >= 11 is 0. The Labute approximate surface area is 170 Å². The van der Waals surface area contributed by atoms with Crippen LogP contribution in [0.3, 0.4) is 0 Å². The zero-order valence-electron chi connectivity index (χ0n) is 16.5. The summed E-state index contributed by atoms with van der Waals surface area (Å²) in [6.45, 7) is 4.93. The number of halogens is 3. The van der Waals surface area contributed by atoms with Crippen LogP contribution < -0.4 is 4.74 Å². The van der Waals surface area contributed by atoms with Crippen molar-refractivity contribution in [2.45, 2.75) is 52.1 Å². The highest BCUT2D eigenvalue weighted by molar-refractivity contribution is 6.01. The number of hydrogen-bond acceptors (Lipinski definition) is 6. The third-order valence-electron chi connectivity index (χ3n) is 4.88. The minimum absolute atomic E-state index is 0.0159. The topological polar surface area (TPSA) is 85.2 Å². The van der Waals surface area contributed by atoms with Gasteiger partial charge >= 0.3 is 6.36 Å². The summed E-state index contributed by atoms with van der Waals surface area (Å²) in [6, 6.07) is 5.86. The standard InChI is InChI=1S/C21H21F3O6/c1-10(25)19-15(8-18-28-11(2)12(3)29-18)20(17(27)9-16(19)26)13-4-6-14(7-5-13)30-21(22,23)24/h4-7,9,11-12,18,26-27H,8H2,1-3H3/t11-,12-/m0/s1. The number of Topliss-reactive ketones (excluding diaryl/α,β-unsaturated/α-hetero) is 1. The van der Waals surface area contributed by atoms with Crippen LogP contribution in [-0.4, -0.2) is 40.9 Å². The number of rotatable bonds is 5. The summed E-state index contributed by atoms with van der Waals surface area (Å²) in [4.78, 5) is 12.2. The Bertz CT molecular complexity index is 929. The molecular weight excluding hydrogens is 405 g/mol. The molecule has 1 fully saturated rings. The van der Waals surface area contributed by atoms with E-state index in [1.807, 2.05) is 13.8 Å². The molecule has 162 valence electrons. The molecule has 0 spiro atoms. The van der Waals surface area contributed by atoms with Gasteiger partial charge in [0, 0.05) is 18.1 Å². The van der Waals surface area contributed by atoms with Gasteiger partial charge in [-0.2, -0.15) is 0 Å². The first-order valence-corrected chi connectivity index (χ1v) is 9.22. The van der Waals surface area contributed by atoms with Gasteiger partial charge < -0.3 is 24.4 Å². The SMILES string of the molecule is CC(=O)c1c(O)cc(O)c(-c2ccc(OC(F)(F)F)cc2)c1CC1O[C@@H](C)[C@H](C)O1. The first-order valence-electron chi connectivity index (χ1n) is 9.22. The summed E-state index contributed by atoms with van der Waals surface area (Å²) in [5, 5.41) is 20.8. The van der Waals surface area contributed by atoms with Crippen LogP contribution in [0, 0.1) is 0 Å². The monoisotopic (exact) mass is 426 g/mol. The van der Waals surface area contributed by atoms with Crippen molar-refractivity contribution in [1.82, 2.24) is 0 Å². The van der Waals surface area contributed by atoms with Gasteiger partial charge in [0.1, 0.15) is 17.2 Å². The van der Waals surface area contributed by atoms with Crippen molar-refractivity contribution in [3.8, 4) is 28.4 Å². The average molecular weight is 426 g/mol. The molecule has 0 unspecified atom stereocenters. The minimum Gasteiger partial charge on any atom is -0.507 e. The molecule has 6 nitrogen and oxygen atoms in total. The number of hydrogen-bond donors (Lipinski definition) is 2. The van der Waals surface area contributed by atoms with Crippen molar-refractivity contribution in [1.29, 1.82) is 0 Å². The molecule has 1 aliphatic rings. The highest BCUT2D eigenvalue weighted by Gasteiger charge is 2.33. The van der Waals surface area contributed by atoms with Crippen LogP contribution in [0.5, 0.6) is 17.2 Å². The molecule has 30 heavy (non-hydrogen) atoms. The number of phenolic OH excluding ortho intramolecular Hbond substituents is 2. The summed E-state index contributed by atoms with van der Waals surface area (Å²) in [6.07, 6.45) is -5.89. The second-order valence-electron chi connectivity index (χ2n) is 7.09. The highest BCUT2D eigenvalue weighted by atomic mass is 19.4. The second-order valence-corrected chi connectivity index (χ2v) is 7.09. The molecule has 1 aliphatic heterocycles. The molecule has 0 amide bonds. The summed E-state index contributed by atoms with van der Waals surface area (Å²) in [7, 11) is 0. The Hall–Kier alpha value is -2.78. The third-order valence-corrected chi connectivity index (χ3v) is 4.88. The molecule has 2 N–H and O–H groups in total. The summed E-state index contributed by atoms with van der Waals surface area (Å²) in [5.74, 6) is -1.62. The predicted octanol–water partition coefficient (Wildman–Crippen LogP) is 4.56. The van der Waals surface area contributed by atoms with E-state index < -0.39 is 29.9 Å². The van der Waals surface area contributed by atoms with Gasteiger partial charge in [0.05, 0.1) is 17.8 Å². The maximum Gasteiger partial charge on any atom is 0.573 e. The number of ketones is 1. The molecular formula is C21H21F3O6. The van der Waals surface area contributed by atoms with Gasteiger partial charge in [0.15, 0.2) is 12.1 Å². The second kappa shape index (κ2) is 8.16. The Morgan fingerprint density at radius 2 is 1.63 bits per heavy atom. The van der Waals surface area contributed by atoms with Crippen LogP contribution in [0.25, 0.3) is 11.1 Å². The van der Waals surface area contributed by atoms with E-state index in [1.54, 1.807) is 0 Å². The Kier molecular flexibility index (Phi) is 5.96. The summed E-state index contributed by atoms with van der Waals surface area (Å²) < 4.78 is 52.5. The van der Waals surface area contributed by atoms with Crippen molar-refractivity contribution in [2.24, 2.45) is 0 Å². The van der Waals surface area contributed by atoms with Crippen LogP contribution in [0.1, 0.15) is 36.7 Å². The lowest BCUT2D eigenvalue weighted by Crippen LogP contribution is -2.17. The normalized spacial score (nSPS) is 19.8. The van der Waals surface area contributed by atoms with Crippen LogP contribution in [0.4, 0.5) is 13.2 Å². The fourth-order valence-electron chi connectivity index (χ4n) is 3.45. The Morgan fingerprint density at radius 3 is 2.13 bits per heavy atom. The zero-order valence-corrected chi connectivity index (χ0v) is 16.5. The molecule has 0 aliphatic carbocycles. The molecule has 0 radical (unpaired) electrons. The van der Waals surface area contributed by atoms with E-state index >= 15 is 0 Å². The zero-order chi connectivity index (χ0) is 22.2. The molecule has 0 bridgehead atoms. The molecule has 9 heteroatoms. The molecule has 3 rings (SSSR count). The molecule has 0 aromatic heterocycles. The van der Waals surface area contributed by atoms with Gasteiger partial charge in [-0.15, -0.1) is 13.2 Å². The van der Waals surface area contributed by atoms with Gasteiger partial charge in [-0.3, -0.25) is 4.79 Å². The van der Waals surface area contributed by atoms with Crippen LogP contribution in [0.15, 0.2) is 30.3 Å². The Morgan fingerprint density at radius 1 is 1.07 bits per heavy atom. The molecule has 0 saturated carbocycles. The van der Waals surface area contributed by atoms with Gasteiger partial charge in [0.25, 0.3) is 0 Å². The van der Waals surface area contributed by atoms with Gasteiger partial charge in [-0.05, 0) is 44.0 Å². The van der Waals surface area contributed by atoms with Crippen molar-refractivity contribution in [3.63, 3.8) is 0 Å². The van der Waals surface area contributed by atoms with E-state index in [-0.39, 0.29) is 41.1 Å². The quantitative estimate of drug-likeness (QED) is 0.682. The molecule has 2 aromatic rings. The fraction of sp³-hybridized carbons (Fsp3) is 0.381. The number of carbonyl (C=O) groups is 1. The smallest absolute Gasteiger partial charge is 0.507 e. The van der Waals surface area contributed by atoms with Crippen molar-refractivity contribution < 1.29 is 42.4 Å². The van der Waals surface area contributed by atoms with Gasteiger partial charge in [-0.25, -0.2) is 0 Å². The van der Waals surface area contributed by atoms with Crippen molar-refractivity contribution >= 4 is 5.78 Å². The molecule has 1 heterocycles. The number of phenols is 2. The largest absolute Gasteiger partial charge is 0.573 e. The summed E-state index contributed by atoms with van der Waals surface area (Å²) in [5.41, 5.74) is 0.781. The fourth-order valence-corrected chi connectivity index (χ4v) is 3.45. The maximum atomic E-state index is 12.4. The molecule has 2 atom stereocenters. The average Bonchev–Trinajstić information content (AvgIpc) is 2.91. The van der Waals surface area contributed by atoms with Crippen molar-refractivity contribution in [3.05, 3.63) is 41.5 Å². The first-order chi connectivity index (χ1) is 14.0. The first kappa shape index (κ1) is 21.9. The molecule has 1 saturated heterocycles. The predicted molar refractivity (Wildman–Crippen MR) is 100 cm³/mol. The highest BCUT2D eigenvalue weighted by Crippen LogP contribution is 2.42. The lowest BCUT2D eigenvalue weighted by Gasteiger charge is -2.19. The van der Waals surface area contributed by atoms with Gasteiger partial charge in [-0.1, -0.05) is 12.1 Å². The minimum atomic E-state index is -4.83. The number of aromatic hydroxyl groups is 2. The van der Waals surface area contributed by atoms with E-state index in [1.165, 1.54) is 19.1 Å².